The van der Waals surface area contributed by atoms with Gasteiger partial charge in [-0.05, 0) is 31.0 Å². The molecule has 0 saturated carbocycles. The molecule has 3 N–H and O–H groups in total. The van der Waals surface area contributed by atoms with Gasteiger partial charge in [0, 0.05) is 11.7 Å². The SMILES string of the molecule is CCC(CC)Nc1ccc(N)cc1C#N. The zero-order valence-corrected chi connectivity index (χ0v) is 9.25. The molecule has 15 heavy (non-hydrogen) atoms. The van der Waals surface area contributed by atoms with Crippen LogP contribution in [0.1, 0.15) is 32.3 Å². The highest BCUT2D eigenvalue weighted by Gasteiger charge is 2.07. The normalized spacial score (nSPS) is 10.0. The van der Waals surface area contributed by atoms with Crippen molar-refractivity contribution in [3.63, 3.8) is 0 Å². The van der Waals surface area contributed by atoms with Crippen LogP contribution in [0.3, 0.4) is 0 Å². The Kier molecular flexibility index (Phi) is 3.99. The number of hydrogen-bond acceptors (Lipinski definition) is 3. The van der Waals surface area contributed by atoms with Crippen LogP contribution < -0.4 is 11.1 Å². The van der Waals surface area contributed by atoms with Crippen LogP contribution in [-0.2, 0) is 0 Å². The summed E-state index contributed by atoms with van der Waals surface area (Å²) in [5.41, 5.74) is 7.73. The van der Waals surface area contributed by atoms with Crippen LogP contribution in [0.2, 0.25) is 0 Å². The molecule has 0 radical (unpaired) electrons. The number of anilines is 2. The first-order valence-corrected chi connectivity index (χ1v) is 5.27. The molecular weight excluding hydrogens is 186 g/mol. The van der Waals surface area contributed by atoms with Crippen LogP contribution in [0.25, 0.3) is 0 Å². The molecule has 0 unspecified atom stereocenters. The lowest BCUT2D eigenvalue weighted by molar-refractivity contribution is 0.671. The van der Waals surface area contributed by atoms with Crippen molar-refractivity contribution in [3.05, 3.63) is 23.8 Å². The largest absolute Gasteiger partial charge is 0.399 e. The molecule has 0 heterocycles. The highest BCUT2D eigenvalue weighted by Crippen LogP contribution is 2.19. The van der Waals surface area contributed by atoms with Crippen molar-refractivity contribution in [2.24, 2.45) is 0 Å². The van der Waals surface area contributed by atoms with E-state index in [4.69, 9.17) is 11.0 Å². The minimum atomic E-state index is 0.417. The number of nitrogens with one attached hydrogen (secondary N) is 1. The molecule has 3 nitrogen and oxygen atoms in total. The van der Waals surface area contributed by atoms with Crippen LogP contribution in [0.15, 0.2) is 18.2 Å². The number of hydrogen-bond donors (Lipinski definition) is 2. The van der Waals surface area contributed by atoms with Gasteiger partial charge in [-0.15, -0.1) is 0 Å². The summed E-state index contributed by atoms with van der Waals surface area (Å²) >= 11 is 0. The standard InChI is InChI=1S/C12H17N3/c1-3-11(4-2)15-12-6-5-10(14)7-9(12)8-13/h5-7,11,15H,3-4,14H2,1-2H3. The van der Waals surface area contributed by atoms with Gasteiger partial charge in [-0.2, -0.15) is 5.26 Å². The quantitative estimate of drug-likeness (QED) is 0.739. The van der Waals surface area contributed by atoms with Crippen LogP contribution in [0.5, 0.6) is 0 Å². The molecule has 0 saturated heterocycles. The van der Waals surface area contributed by atoms with Crippen LogP contribution in [-0.4, -0.2) is 6.04 Å². The van der Waals surface area contributed by atoms with Crippen molar-refractivity contribution in [1.82, 2.24) is 0 Å². The van der Waals surface area contributed by atoms with Gasteiger partial charge < -0.3 is 11.1 Å². The van der Waals surface area contributed by atoms with E-state index in [1.807, 2.05) is 12.1 Å². The maximum Gasteiger partial charge on any atom is 0.101 e. The summed E-state index contributed by atoms with van der Waals surface area (Å²) in [4.78, 5) is 0. The van der Waals surface area contributed by atoms with E-state index in [1.54, 1.807) is 6.07 Å². The smallest absolute Gasteiger partial charge is 0.101 e. The van der Waals surface area contributed by atoms with Crippen LogP contribution in [0.4, 0.5) is 11.4 Å². The summed E-state index contributed by atoms with van der Waals surface area (Å²) in [6.45, 7) is 4.26. The van der Waals surface area contributed by atoms with Gasteiger partial charge in [0.05, 0.1) is 11.3 Å². The Hall–Kier alpha value is -1.69. The number of nitrogens with zero attached hydrogens (tertiary/aromatic N) is 1. The Morgan fingerprint density at radius 1 is 1.40 bits per heavy atom. The van der Waals surface area contributed by atoms with Crippen molar-refractivity contribution >= 4 is 11.4 Å². The van der Waals surface area contributed by atoms with E-state index in [9.17, 15) is 0 Å². The van der Waals surface area contributed by atoms with E-state index < -0.39 is 0 Å². The summed E-state index contributed by atoms with van der Waals surface area (Å²) in [6.07, 6.45) is 2.09. The second kappa shape index (κ2) is 5.26. The van der Waals surface area contributed by atoms with Crippen molar-refractivity contribution in [3.8, 4) is 6.07 Å². The van der Waals surface area contributed by atoms with Gasteiger partial charge >= 0.3 is 0 Å². The van der Waals surface area contributed by atoms with E-state index in [-0.39, 0.29) is 0 Å². The molecule has 0 aromatic heterocycles. The Labute approximate surface area is 90.9 Å². The van der Waals surface area contributed by atoms with Crippen LogP contribution >= 0.6 is 0 Å². The topological polar surface area (TPSA) is 61.8 Å². The lowest BCUT2D eigenvalue weighted by Crippen LogP contribution is -2.17. The molecule has 0 aliphatic rings. The second-order valence-corrected chi connectivity index (χ2v) is 3.57. The molecule has 0 bridgehead atoms. The third-order valence-corrected chi connectivity index (χ3v) is 2.51. The number of nitriles is 1. The summed E-state index contributed by atoms with van der Waals surface area (Å²) in [7, 11) is 0. The lowest BCUT2D eigenvalue weighted by atomic mass is 10.1. The van der Waals surface area contributed by atoms with Gasteiger partial charge in [-0.3, -0.25) is 0 Å². The summed E-state index contributed by atoms with van der Waals surface area (Å²) in [5.74, 6) is 0. The zero-order chi connectivity index (χ0) is 11.3. The maximum absolute atomic E-state index is 8.96. The molecule has 0 aliphatic carbocycles. The van der Waals surface area contributed by atoms with E-state index in [2.05, 4.69) is 25.2 Å². The Morgan fingerprint density at radius 3 is 2.60 bits per heavy atom. The molecule has 1 aromatic rings. The Morgan fingerprint density at radius 2 is 2.07 bits per heavy atom. The van der Waals surface area contributed by atoms with Crippen molar-refractivity contribution < 1.29 is 0 Å². The fourth-order valence-corrected chi connectivity index (χ4v) is 1.49. The molecule has 0 aliphatic heterocycles. The van der Waals surface area contributed by atoms with Crippen molar-refractivity contribution in [1.29, 1.82) is 5.26 Å². The summed E-state index contributed by atoms with van der Waals surface area (Å²) in [6, 6.07) is 7.94. The fourth-order valence-electron chi connectivity index (χ4n) is 1.49. The predicted octanol–water partition coefficient (Wildman–Crippen LogP) is 2.74. The van der Waals surface area contributed by atoms with Crippen LogP contribution in [0, 0.1) is 11.3 Å². The first-order chi connectivity index (χ1) is 7.21. The zero-order valence-electron chi connectivity index (χ0n) is 9.25. The van der Waals surface area contributed by atoms with Crippen molar-refractivity contribution in [2.75, 3.05) is 11.1 Å². The second-order valence-electron chi connectivity index (χ2n) is 3.57. The third-order valence-electron chi connectivity index (χ3n) is 2.51. The first kappa shape index (κ1) is 11.4. The molecule has 3 heteroatoms. The van der Waals surface area contributed by atoms with Crippen molar-refractivity contribution in [2.45, 2.75) is 32.7 Å². The minimum absolute atomic E-state index is 0.417. The summed E-state index contributed by atoms with van der Waals surface area (Å²) in [5, 5.41) is 12.3. The monoisotopic (exact) mass is 203 g/mol. The van der Waals surface area contributed by atoms with E-state index >= 15 is 0 Å². The fraction of sp³-hybridized carbons (Fsp3) is 0.417. The number of nitrogen functional groups attached to an aromatic ring is 1. The lowest BCUT2D eigenvalue weighted by Gasteiger charge is -2.17. The number of rotatable bonds is 4. The number of nitrogens with two attached hydrogens (primary N) is 1. The first-order valence-electron chi connectivity index (χ1n) is 5.27. The Bertz CT molecular complexity index is 362. The van der Waals surface area contributed by atoms with Gasteiger partial charge in [-0.25, -0.2) is 0 Å². The molecule has 80 valence electrons. The Balaban J connectivity index is 2.90. The van der Waals surface area contributed by atoms with Gasteiger partial charge in [0.15, 0.2) is 0 Å². The maximum atomic E-state index is 8.96. The highest BCUT2D eigenvalue weighted by molar-refractivity contribution is 5.63. The number of benzene rings is 1. The molecule has 1 rings (SSSR count). The van der Waals surface area contributed by atoms with E-state index in [0.717, 1.165) is 18.5 Å². The minimum Gasteiger partial charge on any atom is -0.399 e. The summed E-state index contributed by atoms with van der Waals surface area (Å²) < 4.78 is 0. The molecule has 1 aromatic carbocycles. The molecular formula is C12H17N3. The third kappa shape index (κ3) is 2.88. The average molecular weight is 203 g/mol. The van der Waals surface area contributed by atoms with Gasteiger partial charge in [0.1, 0.15) is 6.07 Å². The van der Waals surface area contributed by atoms with Gasteiger partial charge in [0.2, 0.25) is 0 Å². The molecule has 0 spiro atoms. The highest BCUT2D eigenvalue weighted by atomic mass is 14.9. The predicted molar refractivity (Wildman–Crippen MR) is 63.6 cm³/mol. The molecule has 0 atom stereocenters. The van der Waals surface area contributed by atoms with Gasteiger partial charge in [0.25, 0.3) is 0 Å². The van der Waals surface area contributed by atoms with E-state index in [1.165, 1.54) is 0 Å². The molecule has 0 fully saturated rings. The van der Waals surface area contributed by atoms with E-state index in [0.29, 0.717) is 17.3 Å². The van der Waals surface area contributed by atoms with Gasteiger partial charge in [-0.1, -0.05) is 13.8 Å². The average Bonchev–Trinajstić information content (AvgIpc) is 2.27. The molecule has 0 amide bonds.